The monoisotopic (exact) mass is 271 g/mol. The first-order chi connectivity index (χ1) is 9.69. The van der Waals surface area contributed by atoms with E-state index in [1.165, 1.54) is 0 Å². The number of nitrogens with one attached hydrogen (secondary N) is 2. The van der Waals surface area contributed by atoms with E-state index >= 15 is 0 Å². The van der Waals surface area contributed by atoms with Gasteiger partial charge in [-0.3, -0.25) is 4.79 Å². The van der Waals surface area contributed by atoms with Crippen molar-refractivity contribution in [3.63, 3.8) is 0 Å². The second-order valence-electron chi connectivity index (χ2n) is 4.96. The van der Waals surface area contributed by atoms with Gasteiger partial charge in [-0.1, -0.05) is 0 Å². The molecule has 1 aromatic carbocycles. The summed E-state index contributed by atoms with van der Waals surface area (Å²) in [6, 6.07) is 5.75. The number of aromatic amines is 1. The Morgan fingerprint density at radius 3 is 2.95 bits per heavy atom. The molecular weight excluding hydrogens is 254 g/mol. The van der Waals surface area contributed by atoms with Gasteiger partial charge in [0, 0.05) is 12.1 Å². The number of anilines is 1. The second kappa shape index (κ2) is 5.00. The predicted molar refractivity (Wildman–Crippen MR) is 78.4 cm³/mol. The molecule has 0 saturated heterocycles. The van der Waals surface area contributed by atoms with Crippen molar-refractivity contribution in [2.75, 3.05) is 19.0 Å². The lowest BCUT2D eigenvalue weighted by molar-refractivity contribution is 0.412. The van der Waals surface area contributed by atoms with Crippen LogP contribution in [0.25, 0.3) is 11.4 Å². The Morgan fingerprint density at radius 2 is 2.20 bits per heavy atom. The van der Waals surface area contributed by atoms with E-state index < -0.39 is 0 Å². The Kier molecular flexibility index (Phi) is 3.18. The molecule has 1 aliphatic rings. The zero-order valence-corrected chi connectivity index (χ0v) is 11.6. The van der Waals surface area contributed by atoms with Crippen molar-refractivity contribution in [2.45, 2.75) is 19.8 Å². The van der Waals surface area contributed by atoms with E-state index in [-0.39, 0.29) is 5.56 Å². The van der Waals surface area contributed by atoms with Gasteiger partial charge >= 0.3 is 0 Å². The van der Waals surface area contributed by atoms with Crippen molar-refractivity contribution < 1.29 is 4.74 Å². The zero-order valence-electron chi connectivity index (χ0n) is 11.6. The van der Waals surface area contributed by atoms with E-state index in [9.17, 15) is 4.79 Å². The first-order valence-corrected chi connectivity index (χ1v) is 6.71. The van der Waals surface area contributed by atoms with Crippen molar-refractivity contribution in [3.8, 4) is 17.1 Å². The number of rotatable bonds is 2. The Labute approximate surface area is 117 Å². The molecule has 5 heteroatoms. The molecule has 20 heavy (non-hydrogen) atoms. The maximum absolute atomic E-state index is 12.1. The highest BCUT2D eigenvalue weighted by atomic mass is 16.5. The van der Waals surface area contributed by atoms with Crippen LogP contribution in [0.15, 0.2) is 23.0 Å². The number of nitrogens with zero attached hydrogens (tertiary/aromatic N) is 1. The number of aromatic nitrogens is 2. The minimum absolute atomic E-state index is 0.0503. The van der Waals surface area contributed by atoms with Gasteiger partial charge in [0.05, 0.1) is 12.7 Å². The van der Waals surface area contributed by atoms with Crippen molar-refractivity contribution >= 4 is 5.82 Å². The van der Waals surface area contributed by atoms with Crippen LogP contribution in [0.1, 0.15) is 17.5 Å². The summed E-state index contributed by atoms with van der Waals surface area (Å²) in [5, 5.41) is 3.19. The van der Waals surface area contributed by atoms with Crippen molar-refractivity contribution in [2.24, 2.45) is 0 Å². The molecule has 0 fully saturated rings. The van der Waals surface area contributed by atoms with Crippen molar-refractivity contribution in [3.05, 3.63) is 39.7 Å². The normalized spacial score (nSPS) is 13.5. The molecule has 0 unspecified atom stereocenters. The van der Waals surface area contributed by atoms with Gasteiger partial charge in [0.1, 0.15) is 17.4 Å². The van der Waals surface area contributed by atoms with Crippen LogP contribution < -0.4 is 15.6 Å². The average molecular weight is 271 g/mol. The maximum Gasteiger partial charge on any atom is 0.256 e. The van der Waals surface area contributed by atoms with Gasteiger partial charge in [-0.15, -0.1) is 0 Å². The van der Waals surface area contributed by atoms with Crippen LogP contribution in [0.2, 0.25) is 0 Å². The molecule has 0 bridgehead atoms. The molecule has 0 spiro atoms. The van der Waals surface area contributed by atoms with E-state index in [0.29, 0.717) is 11.6 Å². The summed E-state index contributed by atoms with van der Waals surface area (Å²) in [7, 11) is 1.64. The molecule has 5 nitrogen and oxygen atoms in total. The molecule has 0 atom stereocenters. The van der Waals surface area contributed by atoms with E-state index in [2.05, 4.69) is 15.3 Å². The zero-order chi connectivity index (χ0) is 14.1. The Bertz CT molecular complexity index is 707. The Balaban J connectivity index is 2.08. The van der Waals surface area contributed by atoms with E-state index in [1.54, 1.807) is 7.11 Å². The lowest BCUT2D eigenvalue weighted by atomic mass is 10.1. The number of H-pyrrole nitrogens is 1. The van der Waals surface area contributed by atoms with Crippen LogP contribution in [-0.2, 0) is 6.42 Å². The molecule has 2 aromatic rings. The third-order valence-electron chi connectivity index (χ3n) is 3.58. The van der Waals surface area contributed by atoms with Gasteiger partial charge < -0.3 is 15.0 Å². The predicted octanol–water partition coefficient (Wildman–Crippen LogP) is 2.11. The summed E-state index contributed by atoms with van der Waals surface area (Å²) >= 11 is 0. The van der Waals surface area contributed by atoms with Crippen molar-refractivity contribution in [1.82, 2.24) is 9.97 Å². The number of methoxy groups -OCH3 is 1. The number of aryl methyl sites for hydroxylation is 1. The summed E-state index contributed by atoms with van der Waals surface area (Å²) in [6.45, 7) is 2.83. The molecule has 3 rings (SSSR count). The third-order valence-corrected chi connectivity index (χ3v) is 3.58. The number of benzene rings is 1. The van der Waals surface area contributed by atoms with E-state index in [0.717, 1.165) is 41.8 Å². The molecule has 2 N–H and O–H groups in total. The lowest BCUT2D eigenvalue weighted by Crippen LogP contribution is -2.24. The van der Waals surface area contributed by atoms with Crippen LogP contribution >= 0.6 is 0 Å². The number of ether oxygens (including phenoxy) is 1. The lowest BCUT2D eigenvalue weighted by Gasteiger charge is -2.16. The highest BCUT2D eigenvalue weighted by molar-refractivity contribution is 5.61. The Morgan fingerprint density at radius 1 is 1.35 bits per heavy atom. The molecule has 2 heterocycles. The van der Waals surface area contributed by atoms with Gasteiger partial charge in [-0.25, -0.2) is 4.98 Å². The quantitative estimate of drug-likeness (QED) is 0.878. The van der Waals surface area contributed by atoms with Crippen LogP contribution in [0.4, 0.5) is 5.82 Å². The summed E-state index contributed by atoms with van der Waals surface area (Å²) in [5.41, 5.74) is 2.60. The fourth-order valence-corrected chi connectivity index (χ4v) is 2.51. The summed E-state index contributed by atoms with van der Waals surface area (Å²) in [5.74, 6) is 2.13. The molecule has 1 aliphatic heterocycles. The number of hydrogen-bond donors (Lipinski definition) is 2. The molecular formula is C15H17N3O2. The standard InChI is InChI=1S/C15H17N3O2/c1-9-8-10(5-6-12(9)20-2)13-17-14-11(15(19)18-13)4-3-7-16-14/h5-6,8H,3-4,7H2,1-2H3,(H2,16,17,18,19). The van der Waals surface area contributed by atoms with Crippen LogP contribution in [0.5, 0.6) is 5.75 Å². The fraction of sp³-hybridized carbons (Fsp3) is 0.333. The highest BCUT2D eigenvalue weighted by Crippen LogP contribution is 2.25. The SMILES string of the molecule is COc1ccc(-c2nc3c(c(=O)[nH]2)CCCN3)cc1C. The van der Waals surface area contributed by atoms with Crippen molar-refractivity contribution in [1.29, 1.82) is 0 Å². The maximum atomic E-state index is 12.1. The van der Waals surface area contributed by atoms with Gasteiger partial charge in [-0.05, 0) is 43.5 Å². The molecule has 0 radical (unpaired) electrons. The highest BCUT2D eigenvalue weighted by Gasteiger charge is 2.16. The van der Waals surface area contributed by atoms with Gasteiger partial charge in [0.25, 0.3) is 5.56 Å². The number of fused-ring (bicyclic) bond motifs is 1. The average Bonchev–Trinajstić information content (AvgIpc) is 2.47. The minimum Gasteiger partial charge on any atom is -0.496 e. The molecule has 1 aromatic heterocycles. The molecule has 0 saturated carbocycles. The third kappa shape index (κ3) is 2.15. The summed E-state index contributed by atoms with van der Waals surface area (Å²) in [4.78, 5) is 19.5. The topological polar surface area (TPSA) is 67.0 Å². The second-order valence-corrected chi connectivity index (χ2v) is 4.96. The molecule has 0 aliphatic carbocycles. The van der Waals surface area contributed by atoms with E-state index in [1.807, 2.05) is 25.1 Å². The fourth-order valence-electron chi connectivity index (χ4n) is 2.51. The summed E-state index contributed by atoms with van der Waals surface area (Å²) in [6.07, 6.45) is 1.76. The van der Waals surface area contributed by atoms with Gasteiger partial charge in [-0.2, -0.15) is 0 Å². The number of hydrogen-bond acceptors (Lipinski definition) is 4. The Hall–Kier alpha value is -2.30. The van der Waals surface area contributed by atoms with Crippen LogP contribution in [0.3, 0.4) is 0 Å². The first kappa shape index (κ1) is 12.7. The minimum atomic E-state index is -0.0503. The largest absolute Gasteiger partial charge is 0.496 e. The van der Waals surface area contributed by atoms with Crippen LogP contribution in [0, 0.1) is 6.92 Å². The smallest absolute Gasteiger partial charge is 0.256 e. The first-order valence-electron chi connectivity index (χ1n) is 6.71. The molecule has 0 amide bonds. The van der Waals surface area contributed by atoms with Gasteiger partial charge in [0.2, 0.25) is 0 Å². The van der Waals surface area contributed by atoms with Crippen LogP contribution in [-0.4, -0.2) is 23.6 Å². The summed E-state index contributed by atoms with van der Waals surface area (Å²) < 4.78 is 5.25. The van der Waals surface area contributed by atoms with E-state index in [4.69, 9.17) is 4.74 Å². The van der Waals surface area contributed by atoms with Gasteiger partial charge in [0.15, 0.2) is 0 Å². The molecule has 104 valence electrons.